The minimum Gasteiger partial charge on any atom is -0.374 e. The molecule has 0 spiro atoms. The summed E-state index contributed by atoms with van der Waals surface area (Å²) in [6.45, 7) is 0. The minimum atomic E-state index is 0.253. The average Bonchev–Trinajstić information content (AvgIpc) is 2.47. The fourth-order valence-electron chi connectivity index (χ4n) is 2.50. The Bertz CT molecular complexity index is 183. The predicted molar refractivity (Wildman–Crippen MR) is 45.5 cm³/mol. The lowest BCUT2D eigenvalue weighted by Gasteiger charge is -2.23. The van der Waals surface area contributed by atoms with Gasteiger partial charge in [0, 0.05) is 0 Å². The first-order valence-corrected chi connectivity index (χ1v) is 4.92. The van der Waals surface area contributed by atoms with Crippen LogP contribution in [0.1, 0.15) is 38.5 Å². The molecule has 2 rings (SSSR count). The summed E-state index contributed by atoms with van der Waals surface area (Å²) in [6.07, 6.45) is 7.72. The number of hydrogen-bond acceptors (Lipinski definition) is 2. The summed E-state index contributed by atoms with van der Waals surface area (Å²) in [7, 11) is 0. The van der Waals surface area contributed by atoms with Gasteiger partial charge in [-0.25, -0.2) is 0 Å². The summed E-state index contributed by atoms with van der Waals surface area (Å²) in [5.41, 5.74) is 0. The highest BCUT2D eigenvalue weighted by atomic mass is 16.5. The highest BCUT2D eigenvalue weighted by molar-refractivity contribution is 4.89. The van der Waals surface area contributed by atoms with Crippen LogP contribution in [0.25, 0.3) is 0 Å². The Balaban J connectivity index is 1.90. The van der Waals surface area contributed by atoms with E-state index >= 15 is 0 Å². The maximum Gasteiger partial charge on any atom is 0.0712 e. The van der Waals surface area contributed by atoms with Gasteiger partial charge in [-0.05, 0) is 25.2 Å². The van der Waals surface area contributed by atoms with E-state index in [1.54, 1.807) is 0 Å². The summed E-state index contributed by atoms with van der Waals surface area (Å²) in [5, 5.41) is 8.53. The van der Waals surface area contributed by atoms with Crippen LogP contribution in [-0.2, 0) is 4.74 Å². The molecule has 3 unspecified atom stereocenters. The van der Waals surface area contributed by atoms with E-state index in [9.17, 15) is 0 Å². The molecule has 1 aliphatic heterocycles. The van der Waals surface area contributed by atoms with E-state index in [4.69, 9.17) is 10.00 Å². The molecule has 0 aromatic rings. The second kappa shape index (κ2) is 3.45. The Kier molecular flexibility index (Phi) is 2.32. The van der Waals surface area contributed by atoms with E-state index in [1.165, 1.54) is 25.7 Å². The molecule has 1 saturated carbocycles. The van der Waals surface area contributed by atoms with Crippen molar-refractivity contribution in [3.05, 3.63) is 0 Å². The van der Waals surface area contributed by atoms with Crippen LogP contribution in [0.4, 0.5) is 0 Å². The molecule has 2 nitrogen and oxygen atoms in total. The molecule has 66 valence electrons. The molecule has 0 bridgehead atoms. The molecular weight excluding hydrogens is 150 g/mol. The molecule has 1 heterocycles. The Labute approximate surface area is 73.5 Å². The third kappa shape index (κ3) is 1.47. The van der Waals surface area contributed by atoms with Crippen molar-refractivity contribution >= 4 is 0 Å². The molecule has 1 aliphatic carbocycles. The van der Waals surface area contributed by atoms with Crippen molar-refractivity contribution in [3.8, 4) is 6.07 Å². The third-order valence-electron chi connectivity index (χ3n) is 3.09. The van der Waals surface area contributed by atoms with Crippen molar-refractivity contribution in [2.45, 2.75) is 50.7 Å². The monoisotopic (exact) mass is 165 g/mol. The maximum atomic E-state index is 8.53. The molecule has 12 heavy (non-hydrogen) atoms. The smallest absolute Gasteiger partial charge is 0.0712 e. The Morgan fingerprint density at radius 2 is 2.17 bits per heavy atom. The summed E-state index contributed by atoms with van der Waals surface area (Å²) in [5.74, 6) is 0.775. The SMILES string of the molecule is N#CCC1CC2CCCCC2O1. The van der Waals surface area contributed by atoms with Crippen molar-refractivity contribution < 1.29 is 4.74 Å². The summed E-state index contributed by atoms with van der Waals surface area (Å²) in [4.78, 5) is 0. The lowest BCUT2D eigenvalue weighted by molar-refractivity contribution is 0.0213. The van der Waals surface area contributed by atoms with Crippen LogP contribution in [0.2, 0.25) is 0 Å². The molecule has 2 aliphatic rings. The Hall–Kier alpha value is -0.550. The van der Waals surface area contributed by atoms with Crippen LogP contribution >= 0.6 is 0 Å². The van der Waals surface area contributed by atoms with Gasteiger partial charge in [-0.15, -0.1) is 0 Å². The summed E-state index contributed by atoms with van der Waals surface area (Å²) >= 11 is 0. The van der Waals surface area contributed by atoms with E-state index in [0.29, 0.717) is 12.5 Å². The zero-order chi connectivity index (χ0) is 8.39. The maximum absolute atomic E-state index is 8.53. The largest absolute Gasteiger partial charge is 0.374 e. The average molecular weight is 165 g/mol. The van der Waals surface area contributed by atoms with Crippen LogP contribution in [-0.4, -0.2) is 12.2 Å². The van der Waals surface area contributed by atoms with Gasteiger partial charge in [0.2, 0.25) is 0 Å². The van der Waals surface area contributed by atoms with Crippen LogP contribution < -0.4 is 0 Å². The second-order valence-electron chi connectivity index (χ2n) is 3.94. The van der Waals surface area contributed by atoms with Gasteiger partial charge >= 0.3 is 0 Å². The first kappa shape index (κ1) is 8.07. The Morgan fingerprint density at radius 1 is 1.33 bits per heavy atom. The van der Waals surface area contributed by atoms with E-state index in [2.05, 4.69) is 6.07 Å². The molecule has 3 atom stereocenters. The van der Waals surface area contributed by atoms with E-state index in [-0.39, 0.29) is 6.10 Å². The van der Waals surface area contributed by atoms with Gasteiger partial charge in [0.05, 0.1) is 24.7 Å². The lowest BCUT2D eigenvalue weighted by Crippen LogP contribution is -2.20. The van der Waals surface area contributed by atoms with Crippen molar-refractivity contribution in [2.24, 2.45) is 5.92 Å². The number of nitrogens with zero attached hydrogens (tertiary/aromatic N) is 1. The van der Waals surface area contributed by atoms with Gasteiger partial charge in [-0.1, -0.05) is 12.8 Å². The number of fused-ring (bicyclic) bond motifs is 1. The van der Waals surface area contributed by atoms with Crippen molar-refractivity contribution in [3.63, 3.8) is 0 Å². The molecule has 2 fully saturated rings. The molecule has 0 aromatic heterocycles. The summed E-state index contributed by atoms with van der Waals surface area (Å²) < 4.78 is 5.78. The first-order chi connectivity index (χ1) is 5.90. The topological polar surface area (TPSA) is 33.0 Å². The van der Waals surface area contributed by atoms with E-state index < -0.39 is 0 Å². The number of nitriles is 1. The van der Waals surface area contributed by atoms with Gasteiger partial charge < -0.3 is 4.74 Å². The van der Waals surface area contributed by atoms with E-state index in [0.717, 1.165) is 12.3 Å². The predicted octanol–water partition coefficient (Wildman–Crippen LogP) is 2.25. The summed E-state index contributed by atoms with van der Waals surface area (Å²) in [6, 6.07) is 2.19. The van der Waals surface area contributed by atoms with Crippen molar-refractivity contribution in [1.29, 1.82) is 5.26 Å². The van der Waals surface area contributed by atoms with Crippen molar-refractivity contribution in [2.75, 3.05) is 0 Å². The lowest BCUT2D eigenvalue weighted by atomic mass is 9.85. The normalized spacial score (nSPS) is 40.4. The van der Waals surface area contributed by atoms with Crippen LogP contribution in [0, 0.1) is 17.2 Å². The fraction of sp³-hybridized carbons (Fsp3) is 0.900. The van der Waals surface area contributed by atoms with Gasteiger partial charge in [-0.2, -0.15) is 5.26 Å². The molecule has 0 aromatic carbocycles. The third-order valence-corrected chi connectivity index (χ3v) is 3.09. The van der Waals surface area contributed by atoms with Crippen molar-refractivity contribution in [1.82, 2.24) is 0 Å². The number of ether oxygens (including phenoxy) is 1. The van der Waals surface area contributed by atoms with Crippen LogP contribution in [0.15, 0.2) is 0 Å². The zero-order valence-corrected chi connectivity index (χ0v) is 7.33. The molecule has 0 amide bonds. The molecular formula is C10H15NO. The van der Waals surface area contributed by atoms with Gasteiger partial charge in [0.1, 0.15) is 0 Å². The Morgan fingerprint density at radius 3 is 2.92 bits per heavy atom. The molecule has 0 radical (unpaired) electrons. The second-order valence-corrected chi connectivity index (χ2v) is 3.94. The van der Waals surface area contributed by atoms with Crippen LogP contribution in [0.3, 0.4) is 0 Å². The van der Waals surface area contributed by atoms with Gasteiger partial charge in [0.25, 0.3) is 0 Å². The molecule has 0 N–H and O–H groups in total. The first-order valence-electron chi connectivity index (χ1n) is 4.92. The molecule has 1 saturated heterocycles. The van der Waals surface area contributed by atoms with Gasteiger partial charge in [0.15, 0.2) is 0 Å². The number of rotatable bonds is 1. The zero-order valence-electron chi connectivity index (χ0n) is 7.33. The number of hydrogen-bond donors (Lipinski definition) is 0. The van der Waals surface area contributed by atoms with Crippen LogP contribution in [0.5, 0.6) is 0 Å². The molecule has 2 heteroatoms. The minimum absolute atomic E-state index is 0.253. The highest BCUT2D eigenvalue weighted by Gasteiger charge is 2.36. The van der Waals surface area contributed by atoms with E-state index in [1.807, 2.05) is 0 Å². The quantitative estimate of drug-likeness (QED) is 0.597. The highest BCUT2D eigenvalue weighted by Crippen LogP contribution is 2.37. The fourth-order valence-corrected chi connectivity index (χ4v) is 2.50. The van der Waals surface area contributed by atoms with Gasteiger partial charge in [-0.3, -0.25) is 0 Å². The standard InChI is InChI=1S/C10H15NO/c11-6-5-9-7-8-3-1-2-4-10(8)12-9/h8-10H,1-5,7H2.